The molecule has 0 aliphatic carbocycles. The van der Waals surface area contributed by atoms with Crippen LogP contribution in [0.2, 0.25) is 0 Å². The molecule has 3 nitrogen and oxygen atoms in total. The SMILES string of the molecule is C[C-](C)C.[C-]#[N+]C(C)C.[CH-]=O.[CH-]=O.[Ru+4]. The van der Waals surface area contributed by atoms with Crippen molar-refractivity contribution in [1.82, 2.24) is 0 Å². The van der Waals surface area contributed by atoms with Crippen LogP contribution in [0.15, 0.2) is 0 Å². The van der Waals surface area contributed by atoms with E-state index in [-0.39, 0.29) is 25.5 Å². The first-order valence-corrected chi connectivity index (χ1v) is 3.61. The largest absolute Gasteiger partial charge is 4.00 e. The third-order valence-electron chi connectivity index (χ3n) is 0.258. The van der Waals surface area contributed by atoms with Gasteiger partial charge < -0.3 is 20.4 Å². The Kier molecular flexibility index (Phi) is 81.8. The Bertz CT molecular complexity index is 106. The molecule has 0 aromatic rings. The molecule has 0 spiro atoms. The van der Waals surface area contributed by atoms with Gasteiger partial charge in [0.15, 0.2) is 0 Å². The van der Waals surface area contributed by atoms with E-state index in [0.29, 0.717) is 0 Å². The molecule has 0 radical (unpaired) electrons. The van der Waals surface area contributed by atoms with Gasteiger partial charge in [-0.25, -0.2) is 6.57 Å². The van der Waals surface area contributed by atoms with Crippen molar-refractivity contribution in [2.75, 3.05) is 0 Å². The van der Waals surface area contributed by atoms with Gasteiger partial charge in [0, 0.05) is 13.8 Å². The Morgan fingerprint density at radius 3 is 1.14 bits per heavy atom. The first-order chi connectivity index (χ1) is 6.00. The minimum absolute atomic E-state index is 0. The van der Waals surface area contributed by atoms with E-state index in [1.165, 1.54) is 5.92 Å². The monoisotopic (exact) mass is 286 g/mol. The Hall–Kier alpha value is -0.547. The van der Waals surface area contributed by atoms with E-state index in [1.54, 1.807) is 0 Å². The molecule has 0 N–H and O–H groups in total. The van der Waals surface area contributed by atoms with E-state index < -0.39 is 0 Å². The Morgan fingerprint density at radius 1 is 1.07 bits per heavy atom. The topological polar surface area (TPSA) is 38.5 Å². The van der Waals surface area contributed by atoms with Gasteiger partial charge >= 0.3 is 19.5 Å². The van der Waals surface area contributed by atoms with Crippen LogP contribution in [0.3, 0.4) is 0 Å². The van der Waals surface area contributed by atoms with Crippen LogP contribution in [0, 0.1) is 12.5 Å². The molecular weight excluding hydrogens is 267 g/mol. The molecule has 0 bridgehead atoms. The van der Waals surface area contributed by atoms with E-state index in [2.05, 4.69) is 39.2 Å². The molecule has 0 atom stereocenters. The molecule has 0 saturated carbocycles. The summed E-state index contributed by atoms with van der Waals surface area (Å²) in [5, 5.41) is 0. The van der Waals surface area contributed by atoms with Crippen molar-refractivity contribution in [3.05, 3.63) is 17.3 Å². The molecule has 0 amide bonds. The van der Waals surface area contributed by atoms with E-state index in [1.807, 2.05) is 13.8 Å². The fraction of sp³-hybridized carbons (Fsp3) is 0.600. The van der Waals surface area contributed by atoms with Gasteiger partial charge in [0.2, 0.25) is 6.04 Å². The van der Waals surface area contributed by atoms with Crippen molar-refractivity contribution in [3.63, 3.8) is 0 Å². The van der Waals surface area contributed by atoms with E-state index in [4.69, 9.17) is 16.2 Å². The van der Waals surface area contributed by atoms with Gasteiger partial charge in [-0.1, -0.05) is 0 Å². The molecule has 0 aliphatic rings. The van der Waals surface area contributed by atoms with Gasteiger partial charge in [-0.2, -0.15) is 20.8 Å². The van der Waals surface area contributed by atoms with E-state index in [0.717, 1.165) is 0 Å². The summed E-state index contributed by atoms with van der Waals surface area (Å²) in [5.41, 5.74) is 0. The van der Waals surface area contributed by atoms with Crippen LogP contribution < -0.4 is 0 Å². The molecule has 14 heavy (non-hydrogen) atoms. The number of carbonyl (C=O) groups excluding carboxylic acids is 2. The molecule has 0 unspecified atom stereocenters. The fourth-order valence-corrected chi connectivity index (χ4v) is 0. The van der Waals surface area contributed by atoms with Crippen LogP contribution in [0.1, 0.15) is 34.6 Å². The Balaban J connectivity index is -0.0000000273. The van der Waals surface area contributed by atoms with Crippen LogP contribution >= 0.6 is 0 Å². The zero-order valence-electron chi connectivity index (χ0n) is 9.35. The molecule has 0 aromatic carbocycles. The second-order valence-corrected chi connectivity index (χ2v) is 2.72. The molecule has 82 valence electrons. The summed E-state index contributed by atoms with van der Waals surface area (Å²) in [6.07, 6.45) is 0. The summed E-state index contributed by atoms with van der Waals surface area (Å²) in [6.45, 7) is 22.8. The van der Waals surface area contributed by atoms with Gasteiger partial charge in [0.25, 0.3) is 0 Å². The fourth-order valence-electron chi connectivity index (χ4n) is 0. The van der Waals surface area contributed by atoms with Crippen molar-refractivity contribution < 1.29 is 29.1 Å². The van der Waals surface area contributed by atoms with Gasteiger partial charge in [-0.05, 0) is 0 Å². The van der Waals surface area contributed by atoms with Crippen molar-refractivity contribution in [1.29, 1.82) is 0 Å². The minimum atomic E-state index is 0. The number of hydrogen-bond donors (Lipinski definition) is 0. The van der Waals surface area contributed by atoms with Gasteiger partial charge in [0.05, 0.1) is 0 Å². The van der Waals surface area contributed by atoms with Crippen LogP contribution in [0.4, 0.5) is 0 Å². The second-order valence-electron chi connectivity index (χ2n) is 2.72. The maximum absolute atomic E-state index is 7.75. The van der Waals surface area contributed by atoms with E-state index in [9.17, 15) is 0 Å². The van der Waals surface area contributed by atoms with Gasteiger partial charge in [0.1, 0.15) is 0 Å². The first-order valence-electron chi connectivity index (χ1n) is 3.61. The summed E-state index contributed by atoms with van der Waals surface area (Å²) < 4.78 is 0. The predicted molar refractivity (Wildman–Crippen MR) is 55.5 cm³/mol. The van der Waals surface area contributed by atoms with Crippen molar-refractivity contribution in [3.8, 4) is 0 Å². The average molecular weight is 285 g/mol. The number of rotatable bonds is 0. The first kappa shape index (κ1) is 29.2. The smallest absolute Gasteiger partial charge is 0.545 e. The standard InChI is InChI=1S/C4H7N.C4H9.2CHO.Ru/c1-4(2)5-3;1-4(2)3;2*1-2;/h4H,1-2H3;1-3H3;2*1H;/q;3*-1;+4. The summed E-state index contributed by atoms with van der Waals surface area (Å²) >= 11 is 0. The van der Waals surface area contributed by atoms with Crippen molar-refractivity contribution in [2.45, 2.75) is 40.7 Å². The Morgan fingerprint density at radius 2 is 1.14 bits per heavy atom. The molecule has 0 aliphatic heterocycles. The van der Waals surface area contributed by atoms with E-state index >= 15 is 0 Å². The maximum Gasteiger partial charge on any atom is 4.00 e. The molecule has 0 heterocycles. The van der Waals surface area contributed by atoms with Crippen LogP contribution in [0.5, 0.6) is 0 Å². The summed E-state index contributed by atoms with van der Waals surface area (Å²) in [6, 6.07) is 0.176. The average Bonchev–Trinajstić information content (AvgIpc) is 2.10. The minimum Gasteiger partial charge on any atom is -0.545 e. The zero-order valence-corrected chi connectivity index (χ0v) is 11.1. The third-order valence-corrected chi connectivity index (χ3v) is 0.258. The second kappa shape index (κ2) is 39.2. The number of nitrogens with zero attached hydrogens (tertiary/aromatic N) is 1. The predicted octanol–water partition coefficient (Wildman–Crippen LogP) is 2.38. The molecule has 0 fully saturated rings. The quantitative estimate of drug-likeness (QED) is 0.389. The Labute approximate surface area is 101 Å². The summed E-state index contributed by atoms with van der Waals surface area (Å²) in [7, 11) is 0. The van der Waals surface area contributed by atoms with Crippen molar-refractivity contribution in [2.24, 2.45) is 0 Å². The van der Waals surface area contributed by atoms with Crippen LogP contribution in [-0.2, 0) is 29.1 Å². The normalized spacial score (nSPS) is 5.86. The molecule has 4 heteroatoms. The van der Waals surface area contributed by atoms with Crippen molar-refractivity contribution >= 4 is 13.6 Å². The summed E-state index contributed by atoms with van der Waals surface area (Å²) in [4.78, 5) is 18.6. The van der Waals surface area contributed by atoms with Gasteiger partial charge in [-0.3, -0.25) is 13.6 Å². The molecule has 0 aromatic heterocycles. The maximum atomic E-state index is 7.75. The summed E-state index contributed by atoms with van der Waals surface area (Å²) in [5.74, 6) is 1.42. The third kappa shape index (κ3) is 593. The molecule has 0 rings (SSSR count). The zero-order chi connectivity index (χ0) is 11.9. The van der Waals surface area contributed by atoms with Crippen LogP contribution in [0.25, 0.3) is 4.85 Å². The van der Waals surface area contributed by atoms with Crippen LogP contribution in [-0.4, -0.2) is 19.6 Å². The number of hydrogen-bond acceptors (Lipinski definition) is 2. The molecular formula is C10H18NO2Ru+. The molecule has 0 saturated heterocycles. The van der Waals surface area contributed by atoms with Gasteiger partial charge in [-0.15, -0.1) is 0 Å².